The highest BCUT2D eigenvalue weighted by molar-refractivity contribution is 5.35. The third-order valence-electron chi connectivity index (χ3n) is 2.89. The lowest BCUT2D eigenvalue weighted by Gasteiger charge is -2.09. The molecular formula is C15H19NO2. The van der Waals surface area contributed by atoms with Crippen molar-refractivity contribution in [2.24, 2.45) is 0 Å². The third-order valence-corrected chi connectivity index (χ3v) is 2.89. The fourth-order valence-corrected chi connectivity index (χ4v) is 1.96. The minimum Gasteiger partial charge on any atom is -0.487 e. The van der Waals surface area contributed by atoms with Crippen LogP contribution < -0.4 is 4.74 Å². The van der Waals surface area contributed by atoms with Gasteiger partial charge in [-0.25, -0.2) is 4.98 Å². The summed E-state index contributed by atoms with van der Waals surface area (Å²) in [6, 6.07) is 6.16. The van der Waals surface area contributed by atoms with Gasteiger partial charge in [0, 0.05) is 5.92 Å². The summed E-state index contributed by atoms with van der Waals surface area (Å²) in [6.07, 6.45) is 1.48. The minimum absolute atomic E-state index is 0.324. The third kappa shape index (κ3) is 2.73. The highest BCUT2D eigenvalue weighted by atomic mass is 16.5. The fourth-order valence-electron chi connectivity index (χ4n) is 1.96. The molecule has 2 rings (SSSR count). The first kappa shape index (κ1) is 12.7. The molecule has 2 aromatic rings. The van der Waals surface area contributed by atoms with Crippen LogP contribution in [0.15, 0.2) is 29.0 Å². The van der Waals surface area contributed by atoms with E-state index in [4.69, 9.17) is 9.15 Å². The number of hydrogen-bond donors (Lipinski definition) is 0. The van der Waals surface area contributed by atoms with Crippen molar-refractivity contribution in [1.29, 1.82) is 0 Å². The SMILES string of the molecule is Cc1ccc(OCc2ncoc2C(C)C)c(C)c1. The molecule has 0 atom stereocenters. The quantitative estimate of drug-likeness (QED) is 0.816. The van der Waals surface area contributed by atoms with Crippen LogP contribution in [0.4, 0.5) is 0 Å². The van der Waals surface area contributed by atoms with Crippen molar-refractivity contribution in [2.75, 3.05) is 0 Å². The molecule has 96 valence electrons. The van der Waals surface area contributed by atoms with Crippen molar-refractivity contribution in [3.8, 4) is 5.75 Å². The standard InChI is InChI=1S/C15H19NO2/c1-10(2)15-13(16-9-18-15)8-17-14-6-5-11(3)7-12(14)4/h5-7,9-10H,8H2,1-4H3. The number of benzene rings is 1. The van der Waals surface area contributed by atoms with Gasteiger partial charge < -0.3 is 9.15 Å². The first-order valence-corrected chi connectivity index (χ1v) is 6.20. The number of aromatic nitrogens is 1. The lowest BCUT2D eigenvalue weighted by Crippen LogP contribution is -2.01. The first-order valence-electron chi connectivity index (χ1n) is 6.20. The molecule has 0 saturated heterocycles. The van der Waals surface area contributed by atoms with Crippen LogP contribution in [0.3, 0.4) is 0 Å². The van der Waals surface area contributed by atoms with Crippen LogP contribution in [0.2, 0.25) is 0 Å². The second-order valence-electron chi connectivity index (χ2n) is 4.88. The molecule has 0 aliphatic heterocycles. The summed E-state index contributed by atoms with van der Waals surface area (Å²) in [6.45, 7) is 8.75. The Morgan fingerprint density at radius 1 is 1.28 bits per heavy atom. The maximum Gasteiger partial charge on any atom is 0.181 e. The van der Waals surface area contributed by atoms with Crippen LogP contribution in [0, 0.1) is 13.8 Å². The lowest BCUT2D eigenvalue weighted by molar-refractivity contribution is 0.295. The highest BCUT2D eigenvalue weighted by Gasteiger charge is 2.12. The van der Waals surface area contributed by atoms with E-state index in [9.17, 15) is 0 Å². The molecule has 1 aromatic heterocycles. The van der Waals surface area contributed by atoms with E-state index in [1.807, 2.05) is 6.07 Å². The van der Waals surface area contributed by atoms with Crippen LogP contribution >= 0.6 is 0 Å². The van der Waals surface area contributed by atoms with E-state index >= 15 is 0 Å². The van der Waals surface area contributed by atoms with E-state index in [0.29, 0.717) is 12.5 Å². The van der Waals surface area contributed by atoms with E-state index in [1.165, 1.54) is 12.0 Å². The Bertz CT molecular complexity index is 529. The van der Waals surface area contributed by atoms with Gasteiger partial charge in [-0.3, -0.25) is 0 Å². The summed E-state index contributed by atoms with van der Waals surface area (Å²) in [5, 5.41) is 0. The molecule has 0 N–H and O–H groups in total. The predicted octanol–water partition coefficient (Wildman–Crippen LogP) is 3.99. The Morgan fingerprint density at radius 2 is 2.06 bits per heavy atom. The highest BCUT2D eigenvalue weighted by Crippen LogP contribution is 2.23. The molecule has 0 bridgehead atoms. The summed E-state index contributed by atoms with van der Waals surface area (Å²) >= 11 is 0. The zero-order chi connectivity index (χ0) is 13.1. The van der Waals surface area contributed by atoms with Gasteiger partial charge in [0.25, 0.3) is 0 Å². The number of nitrogens with zero attached hydrogens (tertiary/aromatic N) is 1. The number of ether oxygens (including phenoxy) is 1. The maximum atomic E-state index is 5.80. The molecule has 3 heteroatoms. The smallest absolute Gasteiger partial charge is 0.181 e. The van der Waals surface area contributed by atoms with Gasteiger partial charge in [-0.15, -0.1) is 0 Å². The predicted molar refractivity (Wildman–Crippen MR) is 70.8 cm³/mol. The summed E-state index contributed by atoms with van der Waals surface area (Å²) in [4.78, 5) is 4.21. The van der Waals surface area contributed by atoms with Crippen molar-refractivity contribution < 1.29 is 9.15 Å². The molecule has 1 heterocycles. The van der Waals surface area contributed by atoms with E-state index in [0.717, 1.165) is 22.8 Å². The second kappa shape index (κ2) is 5.25. The first-order chi connectivity index (χ1) is 8.58. The fraction of sp³-hybridized carbons (Fsp3) is 0.400. The Hall–Kier alpha value is -1.77. The molecular weight excluding hydrogens is 226 g/mol. The van der Waals surface area contributed by atoms with Crippen molar-refractivity contribution in [2.45, 2.75) is 40.2 Å². The molecule has 0 unspecified atom stereocenters. The van der Waals surface area contributed by atoms with Gasteiger partial charge in [-0.2, -0.15) is 0 Å². The largest absolute Gasteiger partial charge is 0.487 e. The molecule has 18 heavy (non-hydrogen) atoms. The normalized spacial score (nSPS) is 10.9. The van der Waals surface area contributed by atoms with Gasteiger partial charge in [-0.05, 0) is 25.5 Å². The minimum atomic E-state index is 0.324. The summed E-state index contributed by atoms with van der Waals surface area (Å²) < 4.78 is 11.2. The van der Waals surface area contributed by atoms with Crippen molar-refractivity contribution >= 4 is 0 Å². The Balaban J connectivity index is 2.09. The van der Waals surface area contributed by atoms with E-state index in [-0.39, 0.29) is 0 Å². The topological polar surface area (TPSA) is 35.3 Å². The molecule has 0 fully saturated rings. The number of aryl methyl sites for hydroxylation is 2. The van der Waals surface area contributed by atoms with Crippen LogP contribution in [0.1, 0.15) is 42.3 Å². The number of rotatable bonds is 4. The van der Waals surface area contributed by atoms with Gasteiger partial charge in [-0.1, -0.05) is 31.5 Å². The molecule has 0 aliphatic rings. The van der Waals surface area contributed by atoms with E-state index in [2.05, 4.69) is 44.8 Å². The summed E-state index contributed by atoms with van der Waals surface area (Å²) in [5.74, 6) is 2.13. The summed E-state index contributed by atoms with van der Waals surface area (Å²) in [7, 11) is 0. The average molecular weight is 245 g/mol. The lowest BCUT2D eigenvalue weighted by atomic mass is 10.1. The van der Waals surface area contributed by atoms with Crippen molar-refractivity contribution in [3.63, 3.8) is 0 Å². The number of hydrogen-bond acceptors (Lipinski definition) is 3. The molecule has 0 amide bonds. The molecule has 0 radical (unpaired) electrons. The molecule has 0 saturated carbocycles. The van der Waals surface area contributed by atoms with E-state index in [1.54, 1.807) is 0 Å². The van der Waals surface area contributed by atoms with Gasteiger partial charge in [0.15, 0.2) is 6.39 Å². The second-order valence-corrected chi connectivity index (χ2v) is 4.88. The molecule has 1 aromatic carbocycles. The number of oxazole rings is 1. The Morgan fingerprint density at radius 3 is 2.72 bits per heavy atom. The van der Waals surface area contributed by atoms with Crippen molar-refractivity contribution in [3.05, 3.63) is 47.2 Å². The monoisotopic (exact) mass is 245 g/mol. The van der Waals surface area contributed by atoms with Crippen LogP contribution in [-0.2, 0) is 6.61 Å². The molecule has 0 spiro atoms. The van der Waals surface area contributed by atoms with Crippen LogP contribution in [-0.4, -0.2) is 4.98 Å². The summed E-state index contributed by atoms with van der Waals surface area (Å²) in [5.41, 5.74) is 3.26. The van der Waals surface area contributed by atoms with Gasteiger partial charge >= 0.3 is 0 Å². The zero-order valence-electron chi connectivity index (χ0n) is 11.4. The van der Waals surface area contributed by atoms with Crippen LogP contribution in [0.25, 0.3) is 0 Å². The van der Waals surface area contributed by atoms with Gasteiger partial charge in [0.2, 0.25) is 0 Å². The Kier molecular flexibility index (Phi) is 3.70. The van der Waals surface area contributed by atoms with Crippen molar-refractivity contribution in [1.82, 2.24) is 4.98 Å². The molecule has 0 aliphatic carbocycles. The van der Waals surface area contributed by atoms with E-state index < -0.39 is 0 Å². The average Bonchev–Trinajstić information content (AvgIpc) is 2.76. The van der Waals surface area contributed by atoms with Crippen LogP contribution in [0.5, 0.6) is 5.75 Å². The van der Waals surface area contributed by atoms with Gasteiger partial charge in [0.05, 0.1) is 0 Å². The zero-order valence-corrected chi connectivity index (χ0v) is 11.4. The van der Waals surface area contributed by atoms with Gasteiger partial charge in [0.1, 0.15) is 23.8 Å². The Labute approximate surface area is 108 Å². The molecule has 3 nitrogen and oxygen atoms in total. The maximum absolute atomic E-state index is 5.80.